The lowest BCUT2D eigenvalue weighted by atomic mass is 9.94. The summed E-state index contributed by atoms with van der Waals surface area (Å²) in [4.78, 5) is 25.4. The first kappa shape index (κ1) is 24.5. The Labute approximate surface area is 215 Å². The largest absolute Gasteiger partial charge is 0.495 e. The van der Waals surface area contributed by atoms with E-state index in [-0.39, 0.29) is 6.61 Å². The van der Waals surface area contributed by atoms with E-state index in [1.54, 1.807) is 20.4 Å². The molecule has 3 heterocycles. The molecular formula is C28H29FN4O4. The van der Waals surface area contributed by atoms with Crippen molar-refractivity contribution >= 4 is 17.9 Å². The van der Waals surface area contributed by atoms with Crippen LogP contribution in [0.3, 0.4) is 0 Å². The number of oxime groups is 1. The molecule has 2 aliphatic heterocycles. The lowest BCUT2D eigenvalue weighted by Gasteiger charge is -2.37. The second kappa shape index (κ2) is 10.1. The predicted octanol–water partition coefficient (Wildman–Crippen LogP) is 4.82. The highest BCUT2D eigenvalue weighted by atomic mass is 19.1. The molecule has 1 unspecified atom stereocenters. The SMILES string of the molecule is CCOC(=O)C1(c2ccc(F)cc2)ON=C2/C(=C/c3ccc(-n4cnc(CC)c4)c(OC)c3)CCCN21. The minimum atomic E-state index is -1.60. The maximum Gasteiger partial charge on any atom is 0.380 e. The predicted molar refractivity (Wildman–Crippen MR) is 137 cm³/mol. The highest BCUT2D eigenvalue weighted by Crippen LogP contribution is 2.41. The Balaban J connectivity index is 1.49. The van der Waals surface area contributed by atoms with E-state index >= 15 is 0 Å². The molecule has 0 spiro atoms. The maximum absolute atomic E-state index is 13.7. The lowest BCUT2D eigenvalue weighted by molar-refractivity contribution is -0.189. The number of halogens is 1. The van der Waals surface area contributed by atoms with Crippen molar-refractivity contribution in [1.82, 2.24) is 14.5 Å². The Kier molecular flexibility index (Phi) is 6.69. The molecule has 1 fully saturated rings. The van der Waals surface area contributed by atoms with Crippen LogP contribution in [0.5, 0.6) is 5.75 Å². The van der Waals surface area contributed by atoms with Crippen molar-refractivity contribution in [3.63, 3.8) is 0 Å². The van der Waals surface area contributed by atoms with E-state index < -0.39 is 17.5 Å². The van der Waals surface area contributed by atoms with Crippen molar-refractivity contribution in [2.75, 3.05) is 20.3 Å². The zero-order valence-corrected chi connectivity index (χ0v) is 21.1. The summed E-state index contributed by atoms with van der Waals surface area (Å²) in [5.74, 6) is 0.285. The number of carbonyl (C=O) groups excluding carboxylic acids is 1. The molecule has 0 N–H and O–H groups in total. The number of carbonyl (C=O) groups is 1. The molecule has 37 heavy (non-hydrogen) atoms. The number of rotatable bonds is 7. The van der Waals surface area contributed by atoms with Gasteiger partial charge in [-0.1, -0.05) is 18.1 Å². The fraction of sp³-hybridized carbons (Fsp3) is 0.321. The topological polar surface area (TPSA) is 78.2 Å². The monoisotopic (exact) mass is 504 g/mol. The van der Waals surface area contributed by atoms with Gasteiger partial charge in [0.05, 0.1) is 31.4 Å². The Morgan fingerprint density at radius 1 is 1.22 bits per heavy atom. The van der Waals surface area contributed by atoms with Crippen molar-refractivity contribution in [1.29, 1.82) is 0 Å². The number of aryl methyl sites for hydroxylation is 1. The number of benzene rings is 2. The number of nitrogens with zero attached hydrogens (tertiary/aromatic N) is 4. The second-order valence-electron chi connectivity index (χ2n) is 8.86. The van der Waals surface area contributed by atoms with Crippen molar-refractivity contribution < 1.29 is 23.5 Å². The highest BCUT2D eigenvalue weighted by Gasteiger charge is 2.57. The molecule has 0 bridgehead atoms. The molecule has 0 saturated carbocycles. The molecule has 2 aromatic carbocycles. The van der Waals surface area contributed by atoms with Gasteiger partial charge in [-0.25, -0.2) is 14.2 Å². The third kappa shape index (κ3) is 4.34. The van der Waals surface area contributed by atoms with Gasteiger partial charge in [-0.2, -0.15) is 0 Å². The van der Waals surface area contributed by atoms with Crippen molar-refractivity contribution in [2.45, 2.75) is 38.8 Å². The van der Waals surface area contributed by atoms with Crippen LogP contribution in [0.1, 0.15) is 43.5 Å². The van der Waals surface area contributed by atoms with E-state index in [4.69, 9.17) is 14.3 Å². The number of ether oxygens (including phenoxy) is 2. The summed E-state index contributed by atoms with van der Waals surface area (Å²) >= 11 is 0. The number of methoxy groups -OCH3 is 1. The Morgan fingerprint density at radius 3 is 2.73 bits per heavy atom. The molecule has 1 atom stereocenters. The molecule has 9 heteroatoms. The van der Waals surface area contributed by atoms with Crippen LogP contribution in [-0.2, 0) is 26.5 Å². The van der Waals surface area contributed by atoms with Crippen LogP contribution in [0.15, 0.2) is 65.7 Å². The average Bonchev–Trinajstić information content (AvgIpc) is 3.56. The minimum absolute atomic E-state index is 0.180. The first-order valence-electron chi connectivity index (χ1n) is 12.4. The van der Waals surface area contributed by atoms with Crippen LogP contribution < -0.4 is 4.74 Å². The molecular weight excluding hydrogens is 475 g/mol. The van der Waals surface area contributed by atoms with E-state index in [9.17, 15) is 9.18 Å². The number of hydrogen-bond acceptors (Lipinski definition) is 7. The summed E-state index contributed by atoms with van der Waals surface area (Å²) in [6.07, 6.45) is 8.18. The van der Waals surface area contributed by atoms with Crippen molar-refractivity contribution in [3.05, 3.63) is 83.2 Å². The zero-order valence-electron chi connectivity index (χ0n) is 21.1. The van der Waals surface area contributed by atoms with Crippen LogP contribution in [0.25, 0.3) is 11.8 Å². The normalized spacial score (nSPS) is 19.8. The number of aromatic nitrogens is 2. The van der Waals surface area contributed by atoms with Crippen LogP contribution in [0.2, 0.25) is 0 Å². The van der Waals surface area contributed by atoms with E-state index in [0.29, 0.717) is 23.7 Å². The quantitative estimate of drug-likeness (QED) is 0.430. The maximum atomic E-state index is 13.7. The molecule has 0 aliphatic carbocycles. The minimum Gasteiger partial charge on any atom is -0.495 e. The number of esters is 1. The van der Waals surface area contributed by atoms with Gasteiger partial charge in [0.2, 0.25) is 0 Å². The Hall–Kier alpha value is -4.14. The fourth-order valence-electron chi connectivity index (χ4n) is 4.78. The van der Waals surface area contributed by atoms with E-state index in [2.05, 4.69) is 17.1 Å². The van der Waals surface area contributed by atoms with Crippen molar-refractivity contribution in [2.24, 2.45) is 5.16 Å². The molecule has 3 aromatic rings. The van der Waals surface area contributed by atoms with Crippen LogP contribution in [0, 0.1) is 5.82 Å². The summed E-state index contributed by atoms with van der Waals surface area (Å²) in [6, 6.07) is 11.6. The van der Waals surface area contributed by atoms with Gasteiger partial charge in [-0.05, 0) is 79.8 Å². The summed E-state index contributed by atoms with van der Waals surface area (Å²) in [5.41, 5.74) is 2.60. The first-order valence-corrected chi connectivity index (χ1v) is 12.4. The number of amidine groups is 1. The molecule has 192 valence electrons. The van der Waals surface area contributed by atoms with Gasteiger partial charge < -0.3 is 23.8 Å². The smallest absolute Gasteiger partial charge is 0.380 e. The molecule has 2 aliphatic rings. The molecule has 5 rings (SSSR count). The Bertz CT molecular complexity index is 1360. The van der Waals surface area contributed by atoms with Gasteiger partial charge in [0, 0.05) is 18.3 Å². The lowest BCUT2D eigenvalue weighted by Crippen LogP contribution is -2.54. The summed E-state index contributed by atoms with van der Waals surface area (Å²) < 4.78 is 26.7. The molecule has 0 amide bonds. The third-order valence-electron chi connectivity index (χ3n) is 6.62. The van der Waals surface area contributed by atoms with Crippen LogP contribution in [0.4, 0.5) is 4.39 Å². The summed E-state index contributed by atoms with van der Waals surface area (Å²) in [7, 11) is 1.64. The van der Waals surface area contributed by atoms with E-state index in [0.717, 1.165) is 41.8 Å². The van der Waals surface area contributed by atoms with Crippen LogP contribution in [-0.4, -0.2) is 46.5 Å². The number of hydrogen-bond donors (Lipinski definition) is 0. The number of piperidine rings is 1. The van der Waals surface area contributed by atoms with Gasteiger partial charge in [0.15, 0.2) is 5.84 Å². The molecule has 1 aromatic heterocycles. The fourth-order valence-corrected chi connectivity index (χ4v) is 4.78. The van der Waals surface area contributed by atoms with E-state index in [1.165, 1.54) is 24.3 Å². The molecule has 1 saturated heterocycles. The average molecular weight is 505 g/mol. The van der Waals surface area contributed by atoms with Gasteiger partial charge in [0.1, 0.15) is 11.6 Å². The number of fused-ring (bicyclic) bond motifs is 1. The van der Waals surface area contributed by atoms with Crippen molar-refractivity contribution in [3.8, 4) is 11.4 Å². The third-order valence-corrected chi connectivity index (χ3v) is 6.62. The summed E-state index contributed by atoms with van der Waals surface area (Å²) in [5, 5.41) is 4.35. The first-order chi connectivity index (χ1) is 18.0. The van der Waals surface area contributed by atoms with Gasteiger partial charge in [0.25, 0.3) is 0 Å². The van der Waals surface area contributed by atoms with Gasteiger partial charge in [-0.3, -0.25) is 0 Å². The Morgan fingerprint density at radius 2 is 2.03 bits per heavy atom. The van der Waals surface area contributed by atoms with Crippen LogP contribution >= 0.6 is 0 Å². The van der Waals surface area contributed by atoms with Gasteiger partial charge >= 0.3 is 11.7 Å². The summed E-state index contributed by atoms with van der Waals surface area (Å²) in [6.45, 7) is 4.52. The molecule has 8 nitrogen and oxygen atoms in total. The molecule has 0 radical (unpaired) electrons. The standard InChI is InChI=1S/C28H29FN4O4/c1-4-23-17-32(18-30-23)24-13-8-19(16-25(24)35-3)15-20-7-6-14-33-26(20)31-37-28(33,27(34)36-5-2)21-9-11-22(29)12-10-21/h8-13,15-18H,4-7,14H2,1-3H3/b20-15+. The highest BCUT2D eigenvalue weighted by molar-refractivity contribution is 6.06. The number of imidazole rings is 1. The van der Waals surface area contributed by atoms with Gasteiger partial charge in [-0.15, -0.1) is 0 Å². The second-order valence-corrected chi connectivity index (χ2v) is 8.86. The zero-order chi connectivity index (χ0) is 26.0. The van der Waals surface area contributed by atoms with E-state index in [1.807, 2.05) is 39.9 Å².